The van der Waals surface area contributed by atoms with Gasteiger partial charge in [-0.05, 0) is 26.3 Å². The van der Waals surface area contributed by atoms with Crippen LogP contribution in [0.1, 0.15) is 47.5 Å². The normalized spacial score (nSPS) is 17.5. The van der Waals surface area contributed by atoms with Gasteiger partial charge in [0.1, 0.15) is 0 Å². The molecule has 0 amide bonds. The molecular formula is C12H25NO2. The van der Waals surface area contributed by atoms with E-state index in [4.69, 9.17) is 5.11 Å². The summed E-state index contributed by atoms with van der Waals surface area (Å²) >= 11 is 0. The summed E-state index contributed by atoms with van der Waals surface area (Å²) in [4.78, 5) is 12.9. The molecule has 90 valence electrons. The molecule has 0 aliphatic heterocycles. The maximum absolute atomic E-state index is 10.7. The van der Waals surface area contributed by atoms with E-state index in [0.29, 0.717) is 12.0 Å². The van der Waals surface area contributed by atoms with E-state index >= 15 is 0 Å². The lowest BCUT2D eigenvalue weighted by Crippen LogP contribution is -2.44. The van der Waals surface area contributed by atoms with Gasteiger partial charge in [0.05, 0.1) is 6.42 Å². The molecule has 3 nitrogen and oxygen atoms in total. The fourth-order valence-electron chi connectivity index (χ4n) is 2.04. The first-order chi connectivity index (χ1) is 6.93. The average molecular weight is 215 g/mol. The van der Waals surface area contributed by atoms with E-state index in [-0.39, 0.29) is 12.5 Å². The summed E-state index contributed by atoms with van der Waals surface area (Å²) in [6, 6.07) is 0.575. The van der Waals surface area contributed by atoms with E-state index in [1.165, 1.54) is 0 Å². The Kier molecular flexibility index (Phi) is 6.57. The van der Waals surface area contributed by atoms with E-state index in [9.17, 15) is 4.79 Å². The van der Waals surface area contributed by atoms with Crippen molar-refractivity contribution in [1.82, 2.24) is 4.90 Å². The van der Waals surface area contributed by atoms with Gasteiger partial charge in [-0.1, -0.05) is 27.2 Å². The number of hydrogen-bond donors (Lipinski definition) is 1. The summed E-state index contributed by atoms with van der Waals surface area (Å²) < 4.78 is 0. The number of aliphatic carboxylic acids is 1. The summed E-state index contributed by atoms with van der Waals surface area (Å²) in [5.74, 6) is -0.0986. The first-order valence-electron chi connectivity index (χ1n) is 5.91. The number of carboxylic acids is 1. The molecule has 0 bridgehead atoms. The van der Waals surface area contributed by atoms with Crippen LogP contribution in [0.3, 0.4) is 0 Å². The van der Waals surface area contributed by atoms with Gasteiger partial charge in [0.15, 0.2) is 0 Å². The largest absolute Gasteiger partial charge is 0.481 e. The molecule has 0 heterocycles. The van der Waals surface area contributed by atoms with Gasteiger partial charge in [0, 0.05) is 12.1 Å². The number of carboxylic acid groups (broad SMARTS) is 1. The first kappa shape index (κ1) is 14.4. The van der Waals surface area contributed by atoms with Gasteiger partial charge < -0.3 is 5.11 Å². The van der Waals surface area contributed by atoms with Crippen molar-refractivity contribution in [3.8, 4) is 0 Å². The van der Waals surface area contributed by atoms with Crippen molar-refractivity contribution in [1.29, 1.82) is 0 Å². The van der Waals surface area contributed by atoms with Crippen molar-refractivity contribution in [2.45, 2.75) is 59.5 Å². The standard InChI is InChI=1S/C12H25NO2/c1-6-9(3)11(5)13(7-2)10(4)8-12(14)15/h9-11H,6-8H2,1-5H3,(H,14,15). The van der Waals surface area contributed by atoms with Gasteiger partial charge in [-0.2, -0.15) is 0 Å². The maximum Gasteiger partial charge on any atom is 0.304 e. The highest BCUT2D eigenvalue weighted by Gasteiger charge is 2.23. The van der Waals surface area contributed by atoms with E-state index in [1.54, 1.807) is 0 Å². The number of hydrogen-bond acceptors (Lipinski definition) is 2. The maximum atomic E-state index is 10.7. The Morgan fingerprint density at radius 1 is 1.27 bits per heavy atom. The lowest BCUT2D eigenvalue weighted by Gasteiger charge is -2.36. The minimum absolute atomic E-state index is 0.122. The molecule has 0 saturated heterocycles. The van der Waals surface area contributed by atoms with Crippen molar-refractivity contribution >= 4 is 5.97 Å². The molecule has 0 rings (SSSR count). The summed E-state index contributed by atoms with van der Waals surface area (Å²) in [7, 11) is 0. The molecule has 15 heavy (non-hydrogen) atoms. The Balaban J connectivity index is 4.39. The van der Waals surface area contributed by atoms with Crippen molar-refractivity contribution in [2.24, 2.45) is 5.92 Å². The van der Waals surface area contributed by atoms with Crippen LogP contribution in [0.5, 0.6) is 0 Å². The van der Waals surface area contributed by atoms with Gasteiger partial charge >= 0.3 is 5.97 Å². The second-order valence-corrected chi connectivity index (χ2v) is 4.40. The van der Waals surface area contributed by atoms with Crippen LogP contribution in [-0.4, -0.2) is 34.6 Å². The van der Waals surface area contributed by atoms with E-state index in [1.807, 2.05) is 6.92 Å². The first-order valence-corrected chi connectivity index (χ1v) is 5.91. The molecule has 1 N–H and O–H groups in total. The quantitative estimate of drug-likeness (QED) is 0.709. The van der Waals surface area contributed by atoms with Crippen LogP contribution in [0.15, 0.2) is 0 Å². The third-order valence-corrected chi connectivity index (χ3v) is 3.39. The topological polar surface area (TPSA) is 40.5 Å². The Hall–Kier alpha value is -0.570. The Labute approximate surface area is 93.5 Å². The fourth-order valence-corrected chi connectivity index (χ4v) is 2.04. The molecule has 0 radical (unpaired) electrons. The Morgan fingerprint density at radius 3 is 2.13 bits per heavy atom. The Bertz CT molecular complexity index is 194. The lowest BCUT2D eigenvalue weighted by atomic mass is 9.97. The summed E-state index contributed by atoms with van der Waals surface area (Å²) in [5.41, 5.74) is 0. The van der Waals surface area contributed by atoms with Crippen molar-refractivity contribution < 1.29 is 9.90 Å². The molecular weight excluding hydrogens is 190 g/mol. The summed E-state index contributed by atoms with van der Waals surface area (Å²) in [5, 5.41) is 8.78. The highest BCUT2D eigenvalue weighted by Crippen LogP contribution is 2.17. The van der Waals surface area contributed by atoms with E-state index < -0.39 is 5.97 Å². The predicted octanol–water partition coefficient (Wildman–Crippen LogP) is 2.61. The van der Waals surface area contributed by atoms with Gasteiger partial charge in [-0.25, -0.2) is 0 Å². The second kappa shape index (κ2) is 6.83. The number of nitrogens with zero attached hydrogens (tertiary/aromatic N) is 1. The van der Waals surface area contributed by atoms with Crippen molar-refractivity contribution in [3.05, 3.63) is 0 Å². The summed E-state index contributed by atoms with van der Waals surface area (Å²) in [6.45, 7) is 11.6. The van der Waals surface area contributed by atoms with Crippen LogP contribution >= 0.6 is 0 Å². The highest BCUT2D eigenvalue weighted by atomic mass is 16.4. The van der Waals surface area contributed by atoms with Gasteiger partial charge in [-0.15, -0.1) is 0 Å². The fraction of sp³-hybridized carbons (Fsp3) is 0.917. The van der Waals surface area contributed by atoms with Gasteiger partial charge in [-0.3, -0.25) is 9.69 Å². The number of carbonyl (C=O) groups is 1. The molecule has 0 spiro atoms. The average Bonchev–Trinajstić information content (AvgIpc) is 2.16. The van der Waals surface area contributed by atoms with E-state index in [2.05, 4.69) is 32.6 Å². The molecule has 0 saturated carbocycles. The Morgan fingerprint density at radius 2 is 1.80 bits per heavy atom. The van der Waals surface area contributed by atoms with Crippen LogP contribution < -0.4 is 0 Å². The zero-order valence-corrected chi connectivity index (χ0v) is 10.7. The highest BCUT2D eigenvalue weighted by molar-refractivity contribution is 5.67. The van der Waals surface area contributed by atoms with Gasteiger partial charge in [0.2, 0.25) is 0 Å². The molecule has 0 fully saturated rings. The molecule has 0 aromatic carbocycles. The lowest BCUT2D eigenvalue weighted by molar-refractivity contribution is -0.138. The molecule has 0 aromatic rings. The molecule has 3 atom stereocenters. The third-order valence-electron chi connectivity index (χ3n) is 3.39. The molecule has 0 aliphatic carbocycles. The predicted molar refractivity (Wildman–Crippen MR) is 63.0 cm³/mol. The smallest absolute Gasteiger partial charge is 0.304 e. The third kappa shape index (κ3) is 4.65. The van der Waals surface area contributed by atoms with Crippen LogP contribution in [0, 0.1) is 5.92 Å². The SMILES string of the molecule is CCC(C)C(C)N(CC)C(C)CC(=O)O. The monoisotopic (exact) mass is 215 g/mol. The van der Waals surface area contributed by atoms with Crippen molar-refractivity contribution in [2.75, 3.05) is 6.54 Å². The molecule has 0 aromatic heterocycles. The molecule has 0 aliphatic rings. The van der Waals surface area contributed by atoms with Crippen LogP contribution in [-0.2, 0) is 4.79 Å². The minimum atomic E-state index is -0.711. The number of rotatable bonds is 7. The molecule has 3 heteroatoms. The van der Waals surface area contributed by atoms with Crippen molar-refractivity contribution in [3.63, 3.8) is 0 Å². The van der Waals surface area contributed by atoms with E-state index in [0.717, 1.165) is 13.0 Å². The van der Waals surface area contributed by atoms with Gasteiger partial charge in [0.25, 0.3) is 0 Å². The zero-order chi connectivity index (χ0) is 12.0. The zero-order valence-electron chi connectivity index (χ0n) is 10.7. The molecule has 3 unspecified atom stereocenters. The van der Waals surface area contributed by atoms with Crippen LogP contribution in [0.2, 0.25) is 0 Å². The minimum Gasteiger partial charge on any atom is -0.481 e. The van der Waals surface area contributed by atoms with Crippen LogP contribution in [0.4, 0.5) is 0 Å². The second-order valence-electron chi connectivity index (χ2n) is 4.40. The van der Waals surface area contributed by atoms with Crippen LogP contribution in [0.25, 0.3) is 0 Å². The summed E-state index contributed by atoms with van der Waals surface area (Å²) in [6.07, 6.45) is 1.37.